The van der Waals surface area contributed by atoms with Gasteiger partial charge in [-0.2, -0.15) is 5.26 Å². The number of halogens is 4. The lowest BCUT2D eigenvalue weighted by Crippen LogP contribution is -2.70. The first-order valence-corrected chi connectivity index (χ1v) is 12.4. The maximum absolute atomic E-state index is 14.9. The predicted molar refractivity (Wildman–Crippen MR) is 124 cm³/mol. The standard InChI is InChI=1S/C25H29F4N5O3/c1-13(32-20-10-15(26)4-7-19(20)27)24(37)34-17-5-6-18(25(28,29)11-17)21(34)23(36)33-16(12-30)9-14-3-2-8-31-22(14)35/h4,7,10,13-14,16-18,21,32H,2-3,5-6,8-9,11H2,1H3,(H,31,35)(H,33,36)/t13-,14+,16+,17+,18+,21-/m1/s1. The molecular weight excluding hydrogens is 494 g/mol. The summed E-state index contributed by atoms with van der Waals surface area (Å²) in [5.41, 5.74) is -0.273. The average molecular weight is 524 g/mol. The van der Waals surface area contributed by atoms with Crippen LogP contribution in [0.15, 0.2) is 18.2 Å². The van der Waals surface area contributed by atoms with E-state index in [1.807, 2.05) is 6.07 Å². The fourth-order valence-electron chi connectivity index (χ4n) is 5.70. The van der Waals surface area contributed by atoms with Crippen LogP contribution in [0.2, 0.25) is 0 Å². The molecule has 5 rings (SSSR count). The molecule has 12 heteroatoms. The number of nitrogens with zero attached hydrogens (tertiary/aromatic N) is 2. The van der Waals surface area contributed by atoms with Gasteiger partial charge in [0.15, 0.2) is 0 Å². The molecule has 3 aliphatic heterocycles. The van der Waals surface area contributed by atoms with E-state index in [1.165, 1.54) is 6.92 Å². The van der Waals surface area contributed by atoms with Gasteiger partial charge in [0.2, 0.25) is 17.7 Å². The van der Waals surface area contributed by atoms with Gasteiger partial charge in [0.1, 0.15) is 29.8 Å². The molecule has 200 valence electrons. The smallest absolute Gasteiger partial charge is 0.255 e. The molecule has 8 nitrogen and oxygen atoms in total. The van der Waals surface area contributed by atoms with Crippen molar-refractivity contribution < 1.29 is 31.9 Å². The van der Waals surface area contributed by atoms with E-state index in [9.17, 15) is 37.2 Å². The summed E-state index contributed by atoms with van der Waals surface area (Å²) in [5, 5.41) is 17.4. The summed E-state index contributed by atoms with van der Waals surface area (Å²) in [4.78, 5) is 40.0. The first-order valence-electron chi connectivity index (χ1n) is 12.4. The van der Waals surface area contributed by atoms with Gasteiger partial charge in [0, 0.05) is 24.9 Å². The Bertz CT molecular complexity index is 1110. The summed E-state index contributed by atoms with van der Waals surface area (Å²) >= 11 is 0. The summed E-state index contributed by atoms with van der Waals surface area (Å²) in [5.74, 6) is -8.52. The quantitative estimate of drug-likeness (QED) is 0.476. The third-order valence-electron chi connectivity index (χ3n) is 7.52. The zero-order chi connectivity index (χ0) is 26.9. The van der Waals surface area contributed by atoms with E-state index in [-0.39, 0.29) is 30.9 Å². The molecule has 2 bridgehead atoms. The van der Waals surface area contributed by atoms with Crippen molar-refractivity contribution in [3.63, 3.8) is 0 Å². The Morgan fingerprint density at radius 3 is 2.70 bits per heavy atom. The summed E-state index contributed by atoms with van der Waals surface area (Å²) < 4.78 is 57.5. The van der Waals surface area contributed by atoms with Gasteiger partial charge < -0.3 is 20.9 Å². The Hall–Kier alpha value is -3.36. The maximum atomic E-state index is 14.9. The minimum absolute atomic E-state index is 0.0160. The molecule has 1 aromatic rings. The summed E-state index contributed by atoms with van der Waals surface area (Å²) in [6.07, 6.45) is 0.952. The Morgan fingerprint density at radius 1 is 1.27 bits per heavy atom. The van der Waals surface area contributed by atoms with Gasteiger partial charge in [-0.15, -0.1) is 0 Å². The van der Waals surface area contributed by atoms with Crippen molar-refractivity contribution in [2.45, 2.75) is 75.5 Å². The molecule has 0 aromatic heterocycles. The van der Waals surface area contributed by atoms with Crippen molar-refractivity contribution >= 4 is 23.4 Å². The number of nitrogens with one attached hydrogen (secondary N) is 3. The zero-order valence-corrected chi connectivity index (χ0v) is 20.3. The van der Waals surface area contributed by atoms with E-state index < -0.39 is 71.8 Å². The minimum atomic E-state index is -3.20. The monoisotopic (exact) mass is 523 g/mol. The number of amides is 3. The number of hydrogen-bond donors (Lipinski definition) is 3. The number of carbonyl (C=O) groups excluding carboxylic acids is 3. The molecule has 3 amide bonds. The van der Waals surface area contributed by atoms with E-state index >= 15 is 0 Å². The molecule has 3 N–H and O–H groups in total. The van der Waals surface area contributed by atoms with Gasteiger partial charge in [0.25, 0.3) is 5.92 Å². The van der Waals surface area contributed by atoms with Crippen LogP contribution in [0.5, 0.6) is 0 Å². The van der Waals surface area contributed by atoms with Gasteiger partial charge in [0.05, 0.1) is 17.7 Å². The van der Waals surface area contributed by atoms with Crippen molar-refractivity contribution in [1.29, 1.82) is 5.26 Å². The van der Waals surface area contributed by atoms with Crippen LogP contribution in [-0.4, -0.2) is 59.3 Å². The second-order valence-electron chi connectivity index (χ2n) is 10.0. The lowest BCUT2D eigenvalue weighted by atomic mass is 9.71. The summed E-state index contributed by atoms with van der Waals surface area (Å²) in [6, 6.07) is -0.139. The summed E-state index contributed by atoms with van der Waals surface area (Å²) in [7, 11) is 0. The molecular formula is C25H29F4N5O3. The van der Waals surface area contributed by atoms with E-state index in [2.05, 4.69) is 16.0 Å². The molecule has 37 heavy (non-hydrogen) atoms. The zero-order valence-electron chi connectivity index (χ0n) is 20.3. The number of benzene rings is 1. The fraction of sp³-hybridized carbons (Fsp3) is 0.600. The molecule has 6 atom stereocenters. The van der Waals surface area contributed by atoms with E-state index in [0.29, 0.717) is 13.0 Å². The van der Waals surface area contributed by atoms with Gasteiger partial charge >= 0.3 is 0 Å². The van der Waals surface area contributed by atoms with Gasteiger partial charge in [-0.05, 0) is 57.2 Å². The third-order valence-corrected chi connectivity index (χ3v) is 7.52. The van der Waals surface area contributed by atoms with Crippen LogP contribution in [0, 0.1) is 34.8 Å². The van der Waals surface area contributed by atoms with Crippen LogP contribution in [-0.2, 0) is 14.4 Å². The summed E-state index contributed by atoms with van der Waals surface area (Å²) in [6.45, 7) is 1.91. The Labute approximate surface area is 211 Å². The fourth-order valence-corrected chi connectivity index (χ4v) is 5.70. The SMILES string of the molecule is C[C@@H](Nc1cc(F)ccc1F)C(=O)N1[C@H]2CC[C@@H]([C@@H]1C(=O)N[C@H](C#N)C[C@@H]1CCCNC1=O)C(F)(F)C2. The lowest BCUT2D eigenvalue weighted by Gasteiger charge is -2.54. The second kappa shape index (κ2) is 10.6. The topological polar surface area (TPSA) is 114 Å². The van der Waals surface area contributed by atoms with E-state index in [4.69, 9.17) is 0 Å². The molecule has 1 aliphatic carbocycles. The highest BCUT2D eigenvalue weighted by Crippen LogP contribution is 2.49. The number of anilines is 1. The van der Waals surface area contributed by atoms with Crippen LogP contribution in [0.1, 0.15) is 45.4 Å². The van der Waals surface area contributed by atoms with Crippen LogP contribution < -0.4 is 16.0 Å². The van der Waals surface area contributed by atoms with Crippen molar-refractivity contribution in [2.24, 2.45) is 11.8 Å². The van der Waals surface area contributed by atoms with Gasteiger partial charge in [-0.3, -0.25) is 14.4 Å². The first-order chi connectivity index (χ1) is 17.5. The predicted octanol–water partition coefficient (Wildman–Crippen LogP) is 2.70. The van der Waals surface area contributed by atoms with Crippen molar-refractivity contribution in [2.75, 3.05) is 11.9 Å². The highest BCUT2D eigenvalue weighted by atomic mass is 19.3. The van der Waals surface area contributed by atoms with Crippen molar-refractivity contribution in [1.82, 2.24) is 15.5 Å². The van der Waals surface area contributed by atoms with E-state index in [0.717, 1.165) is 29.5 Å². The Morgan fingerprint density at radius 2 is 2.03 bits per heavy atom. The van der Waals surface area contributed by atoms with Crippen LogP contribution in [0.4, 0.5) is 23.2 Å². The van der Waals surface area contributed by atoms with Crippen molar-refractivity contribution in [3.8, 4) is 6.07 Å². The second-order valence-corrected chi connectivity index (χ2v) is 10.0. The number of piperidine rings is 3. The van der Waals surface area contributed by atoms with E-state index in [1.54, 1.807) is 0 Å². The van der Waals surface area contributed by atoms with Crippen LogP contribution in [0.3, 0.4) is 0 Å². The maximum Gasteiger partial charge on any atom is 0.255 e. The number of nitriles is 1. The van der Waals surface area contributed by atoms with Crippen LogP contribution >= 0.6 is 0 Å². The first kappa shape index (κ1) is 26.7. The molecule has 3 saturated heterocycles. The number of carbonyl (C=O) groups is 3. The average Bonchev–Trinajstić information content (AvgIpc) is 2.85. The normalized spacial score (nSPS) is 28.0. The molecule has 1 saturated carbocycles. The molecule has 0 radical (unpaired) electrons. The van der Waals surface area contributed by atoms with Crippen LogP contribution in [0.25, 0.3) is 0 Å². The third kappa shape index (κ3) is 5.50. The Balaban J connectivity index is 1.54. The number of alkyl halides is 2. The molecule has 4 aliphatic rings. The lowest BCUT2D eigenvalue weighted by molar-refractivity contribution is -0.194. The van der Waals surface area contributed by atoms with Crippen molar-refractivity contribution in [3.05, 3.63) is 29.8 Å². The van der Waals surface area contributed by atoms with Gasteiger partial charge in [-0.25, -0.2) is 17.6 Å². The molecule has 1 aromatic carbocycles. The number of rotatable bonds is 7. The number of fused-ring (bicyclic) bond motifs is 3. The number of hydrogen-bond acceptors (Lipinski definition) is 5. The van der Waals surface area contributed by atoms with Gasteiger partial charge in [-0.1, -0.05) is 0 Å². The highest BCUT2D eigenvalue weighted by molar-refractivity contribution is 5.92. The molecule has 0 unspecified atom stereocenters. The molecule has 4 fully saturated rings. The highest BCUT2D eigenvalue weighted by Gasteiger charge is 2.60. The molecule has 0 spiro atoms. The molecule has 3 heterocycles. The Kier molecular flexibility index (Phi) is 7.62. The largest absolute Gasteiger partial charge is 0.371 e. The minimum Gasteiger partial charge on any atom is -0.371 e.